The van der Waals surface area contributed by atoms with Crippen molar-refractivity contribution < 1.29 is 13.8 Å². The number of aryl methyl sites for hydroxylation is 1. The Hall–Kier alpha value is -3.20. The average Bonchev–Trinajstić information content (AvgIpc) is 3.31. The first kappa shape index (κ1) is 31.2. The van der Waals surface area contributed by atoms with Crippen molar-refractivity contribution in [2.24, 2.45) is 18.7 Å². The summed E-state index contributed by atoms with van der Waals surface area (Å²) in [5.41, 5.74) is 7.81. The highest BCUT2D eigenvalue weighted by Crippen LogP contribution is 2.29. The maximum absolute atomic E-state index is 13.2. The molecule has 2 amide bonds. The topological polar surface area (TPSA) is 144 Å². The van der Waals surface area contributed by atoms with Gasteiger partial charge in [0.15, 0.2) is 17.0 Å². The van der Waals surface area contributed by atoms with E-state index in [0.29, 0.717) is 36.6 Å². The zero-order chi connectivity index (χ0) is 30.3. The van der Waals surface area contributed by atoms with Crippen LogP contribution in [-0.4, -0.2) is 111 Å². The Morgan fingerprint density at radius 2 is 1.74 bits per heavy atom. The highest BCUT2D eigenvalue weighted by Gasteiger charge is 2.30. The number of carbonyl (C=O) groups is 2. The van der Waals surface area contributed by atoms with E-state index in [2.05, 4.69) is 58.2 Å². The maximum Gasteiger partial charge on any atom is 0.227 e. The molecule has 5 rings (SSSR count). The molecule has 236 valence electrons. The number of anilines is 2. The number of hydrogen-bond acceptors (Lipinski definition) is 8. The molecule has 1 unspecified atom stereocenters. The van der Waals surface area contributed by atoms with Gasteiger partial charge in [-0.05, 0) is 49.8 Å². The van der Waals surface area contributed by atoms with Crippen LogP contribution in [0.2, 0.25) is 0 Å². The molecule has 2 aromatic rings. The van der Waals surface area contributed by atoms with Crippen molar-refractivity contribution in [3.63, 3.8) is 0 Å². The van der Waals surface area contributed by atoms with Gasteiger partial charge in [0.25, 0.3) is 0 Å². The summed E-state index contributed by atoms with van der Waals surface area (Å²) in [6.45, 7) is 12.5. The van der Waals surface area contributed by atoms with Crippen LogP contribution in [0.15, 0.2) is 30.6 Å². The van der Waals surface area contributed by atoms with Crippen LogP contribution in [0, 0.1) is 5.92 Å². The summed E-state index contributed by atoms with van der Waals surface area (Å²) in [7, 11) is 1.88. The lowest BCUT2D eigenvalue weighted by Crippen LogP contribution is -2.50. The minimum Gasteiger partial charge on any atom is -0.386 e. The number of carbonyl (C=O) groups excluding carboxylic acids is 2. The van der Waals surface area contributed by atoms with E-state index in [1.54, 1.807) is 4.68 Å². The highest BCUT2D eigenvalue weighted by atomic mass is 32.2. The SMILES string of the molecule is C=C(N)NC1CCN(S(=O)N2CCC(CN3CCN(c4ccc5c(NC(=O)CCNC=O)nn(C)c5c4)CC3)CC2)CC1. The Morgan fingerprint density at radius 1 is 1.07 bits per heavy atom. The van der Waals surface area contributed by atoms with Crippen molar-refractivity contribution in [2.75, 3.05) is 75.7 Å². The number of hydrogen-bond donors (Lipinski definition) is 4. The number of nitrogens with zero attached hydrogens (tertiary/aromatic N) is 6. The summed E-state index contributed by atoms with van der Waals surface area (Å²) >= 11 is -1.06. The summed E-state index contributed by atoms with van der Waals surface area (Å²) in [4.78, 5) is 27.6. The van der Waals surface area contributed by atoms with Crippen LogP contribution in [0.3, 0.4) is 0 Å². The van der Waals surface area contributed by atoms with E-state index in [9.17, 15) is 13.8 Å². The number of fused-ring (bicyclic) bond motifs is 1. The van der Waals surface area contributed by atoms with Crippen LogP contribution in [0.5, 0.6) is 0 Å². The lowest BCUT2D eigenvalue weighted by atomic mass is 9.97. The van der Waals surface area contributed by atoms with Crippen molar-refractivity contribution in [1.29, 1.82) is 0 Å². The van der Waals surface area contributed by atoms with E-state index >= 15 is 0 Å². The summed E-state index contributed by atoms with van der Waals surface area (Å²) in [6.07, 6.45) is 4.82. The first-order valence-corrected chi connectivity index (χ1v) is 16.4. The molecule has 13 nitrogen and oxygen atoms in total. The molecule has 4 heterocycles. The number of rotatable bonds is 12. The van der Waals surface area contributed by atoms with Crippen LogP contribution in [0.4, 0.5) is 11.5 Å². The van der Waals surface area contributed by atoms with Gasteiger partial charge in [-0.3, -0.25) is 19.2 Å². The zero-order valence-electron chi connectivity index (χ0n) is 25.2. The van der Waals surface area contributed by atoms with Crippen molar-refractivity contribution in [3.8, 4) is 0 Å². The molecule has 0 radical (unpaired) electrons. The highest BCUT2D eigenvalue weighted by molar-refractivity contribution is 7.80. The van der Waals surface area contributed by atoms with E-state index in [0.717, 1.165) is 101 Å². The second-order valence-corrected chi connectivity index (χ2v) is 13.3. The number of piperazine rings is 1. The number of nitrogens with two attached hydrogens (primary N) is 1. The van der Waals surface area contributed by atoms with Gasteiger partial charge in [0.2, 0.25) is 12.3 Å². The summed E-state index contributed by atoms with van der Waals surface area (Å²) < 4.78 is 19.3. The molecule has 3 fully saturated rings. The van der Waals surface area contributed by atoms with E-state index in [-0.39, 0.29) is 12.3 Å². The predicted octanol–water partition coefficient (Wildman–Crippen LogP) is 0.545. The van der Waals surface area contributed by atoms with Crippen molar-refractivity contribution in [2.45, 2.75) is 38.1 Å². The fraction of sp³-hybridized carbons (Fsp3) is 0.621. The number of aromatic nitrogens is 2. The van der Waals surface area contributed by atoms with E-state index in [4.69, 9.17) is 5.73 Å². The number of benzene rings is 1. The fourth-order valence-electron chi connectivity index (χ4n) is 6.36. The molecule has 3 saturated heterocycles. The smallest absolute Gasteiger partial charge is 0.227 e. The lowest BCUT2D eigenvalue weighted by molar-refractivity contribution is -0.116. The Kier molecular flexibility index (Phi) is 10.5. The zero-order valence-corrected chi connectivity index (χ0v) is 26.0. The Bertz CT molecular complexity index is 1290. The molecule has 1 aromatic carbocycles. The molecule has 1 atom stereocenters. The Labute approximate surface area is 256 Å². The number of piperidine rings is 2. The fourth-order valence-corrected chi connectivity index (χ4v) is 7.73. The molecule has 0 saturated carbocycles. The first-order valence-electron chi connectivity index (χ1n) is 15.3. The molecule has 0 spiro atoms. The maximum atomic E-state index is 13.2. The molecule has 0 aliphatic carbocycles. The molecule has 1 aromatic heterocycles. The van der Waals surface area contributed by atoms with Gasteiger partial charge in [0.1, 0.15) is 0 Å². The van der Waals surface area contributed by atoms with Crippen molar-refractivity contribution in [1.82, 2.24) is 33.9 Å². The average molecular weight is 615 g/mol. The quantitative estimate of drug-likeness (QED) is 0.201. The molecule has 43 heavy (non-hydrogen) atoms. The van der Waals surface area contributed by atoms with Gasteiger partial charge >= 0.3 is 0 Å². The van der Waals surface area contributed by atoms with Gasteiger partial charge in [-0.1, -0.05) is 6.58 Å². The van der Waals surface area contributed by atoms with Crippen molar-refractivity contribution in [3.05, 3.63) is 30.6 Å². The van der Waals surface area contributed by atoms with Crippen LogP contribution in [0.1, 0.15) is 32.1 Å². The van der Waals surface area contributed by atoms with Gasteiger partial charge in [-0.15, -0.1) is 0 Å². The minimum absolute atomic E-state index is 0.183. The molecule has 14 heteroatoms. The Morgan fingerprint density at radius 3 is 2.40 bits per heavy atom. The van der Waals surface area contributed by atoms with E-state index < -0.39 is 11.2 Å². The largest absolute Gasteiger partial charge is 0.386 e. The minimum atomic E-state index is -1.06. The number of nitrogens with one attached hydrogen (secondary N) is 3. The van der Waals surface area contributed by atoms with Crippen LogP contribution < -0.4 is 26.6 Å². The Balaban J connectivity index is 1.05. The van der Waals surface area contributed by atoms with Crippen LogP contribution in [0.25, 0.3) is 10.9 Å². The second kappa shape index (κ2) is 14.5. The third-order valence-electron chi connectivity index (χ3n) is 8.79. The lowest BCUT2D eigenvalue weighted by Gasteiger charge is -2.40. The summed E-state index contributed by atoms with van der Waals surface area (Å²) in [6, 6.07) is 6.60. The van der Waals surface area contributed by atoms with Crippen LogP contribution >= 0.6 is 0 Å². The summed E-state index contributed by atoms with van der Waals surface area (Å²) in [5.74, 6) is 1.50. The van der Waals surface area contributed by atoms with Crippen LogP contribution in [-0.2, 0) is 27.8 Å². The molecule has 5 N–H and O–H groups in total. The van der Waals surface area contributed by atoms with Gasteiger partial charge in [0.05, 0.1) is 11.3 Å². The molecule has 0 bridgehead atoms. The van der Waals surface area contributed by atoms with Gasteiger partial charge < -0.3 is 26.6 Å². The van der Waals surface area contributed by atoms with Crippen molar-refractivity contribution >= 4 is 45.9 Å². The standard InChI is InChI=1S/C29H46N10O3S/c1-22(30)32-24-8-13-39(14-9-24)43(42)38-11-6-23(7-12-38)20-36-15-17-37(18-16-36)25-3-4-26-27(19-25)35(2)34-29(26)33-28(41)5-10-31-21-40/h3-4,19,21,23-24,32H,1,5-18,20,30H2,2H3,(H,31,40)(H,33,34,41). The van der Waals surface area contributed by atoms with Gasteiger partial charge in [-0.2, -0.15) is 5.10 Å². The van der Waals surface area contributed by atoms with Gasteiger partial charge in [-0.25, -0.2) is 12.8 Å². The van der Waals surface area contributed by atoms with Gasteiger partial charge in [0, 0.05) is 96.0 Å². The molecule has 3 aliphatic heterocycles. The third-order valence-corrected chi connectivity index (χ3v) is 10.4. The predicted molar refractivity (Wildman–Crippen MR) is 170 cm³/mol. The van der Waals surface area contributed by atoms with E-state index in [1.807, 2.05) is 13.1 Å². The molecular formula is C29H46N10O3S. The monoisotopic (exact) mass is 614 g/mol. The number of amides is 2. The normalized spacial score (nSPS) is 20.6. The molecular weight excluding hydrogens is 568 g/mol. The second-order valence-electron chi connectivity index (χ2n) is 11.8. The summed E-state index contributed by atoms with van der Waals surface area (Å²) in [5, 5.41) is 14.0. The molecule has 3 aliphatic rings. The van der Waals surface area contributed by atoms with E-state index in [1.165, 1.54) is 0 Å². The first-order chi connectivity index (χ1) is 20.8. The third kappa shape index (κ3) is 8.05.